The molecule has 0 saturated carbocycles. The summed E-state index contributed by atoms with van der Waals surface area (Å²) in [4.78, 5) is 17.9. The zero-order valence-electron chi connectivity index (χ0n) is 16.1. The van der Waals surface area contributed by atoms with Crippen LogP contribution in [0.25, 0.3) is 22.4 Å². The Morgan fingerprint density at radius 3 is 2.76 bits per heavy atom. The largest absolute Gasteiger partial charge is 0.493 e. The van der Waals surface area contributed by atoms with Gasteiger partial charge in [0.05, 0.1) is 11.6 Å². The van der Waals surface area contributed by atoms with Gasteiger partial charge in [-0.2, -0.15) is 9.50 Å². The van der Waals surface area contributed by atoms with E-state index in [0.717, 1.165) is 16.7 Å². The Morgan fingerprint density at radius 2 is 2.03 bits per heavy atom. The van der Waals surface area contributed by atoms with Crippen LogP contribution in [0.4, 0.5) is 0 Å². The topological polar surface area (TPSA) is 65.7 Å². The SMILES string of the molecule is C=CCOc1ccc(/C=c2\sc3nc(-c4ccccc4C)nn3c2=O)cc1OC. The number of nitrogens with zero attached hydrogens (tertiary/aromatic N) is 3. The maximum atomic E-state index is 12.8. The number of benzene rings is 2. The highest BCUT2D eigenvalue weighted by Gasteiger charge is 2.13. The van der Waals surface area contributed by atoms with Crippen molar-refractivity contribution in [1.29, 1.82) is 0 Å². The molecule has 0 radical (unpaired) electrons. The highest BCUT2D eigenvalue weighted by atomic mass is 32.1. The Bertz CT molecular complexity index is 1310. The molecule has 0 spiro atoms. The number of hydrogen-bond acceptors (Lipinski definition) is 6. The summed E-state index contributed by atoms with van der Waals surface area (Å²) in [6, 6.07) is 13.4. The Labute approximate surface area is 171 Å². The van der Waals surface area contributed by atoms with Gasteiger partial charge < -0.3 is 9.47 Å². The third kappa shape index (κ3) is 3.64. The lowest BCUT2D eigenvalue weighted by Gasteiger charge is -2.09. The molecule has 0 unspecified atom stereocenters. The molecule has 0 aliphatic heterocycles. The molecule has 4 aromatic rings. The normalized spacial score (nSPS) is 11.7. The van der Waals surface area contributed by atoms with E-state index in [1.54, 1.807) is 19.3 Å². The van der Waals surface area contributed by atoms with E-state index < -0.39 is 0 Å². The molecular weight excluding hydrogens is 386 g/mol. The minimum atomic E-state index is -0.191. The Kier molecular flexibility index (Phi) is 5.14. The van der Waals surface area contributed by atoms with Gasteiger partial charge in [0.15, 0.2) is 17.3 Å². The van der Waals surface area contributed by atoms with Crippen LogP contribution in [0, 0.1) is 6.92 Å². The van der Waals surface area contributed by atoms with Crippen molar-refractivity contribution >= 4 is 22.4 Å². The highest BCUT2D eigenvalue weighted by Crippen LogP contribution is 2.28. The Morgan fingerprint density at radius 1 is 1.21 bits per heavy atom. The maximum Gasteiger partial charge on any atom is 0.291 e. The lowest BCUT2D eigenvalue weighted by atomic mass is 10.1. The van der Waals surface area contributed by atoms with Crippen LogP contribution in [0.2, 0.25) is 0 Å². The van der Waals surface area contributed by atoms with Crippen LogP contribution < -0.4 is 19.6 Å². The lowest BCUT2D eigenvalue weighted by molar-refractivity contribution is 0.326. The molecule has 0 aliphatic carbocycles. The van der Waals surface area contributed by atoms with Gasteiger partial charge in [-0.15, -0.1) is 5.10 Å². The van der Waals surface area contributed by atoms with Crippen LogP contribution in [-0.4, -0.2) is 28.3 Å². The van der Waals surface area contributed by atoms with Crippen LogP contribution in [0.15, 0.2) is 59.9 Å². The molecule has 7 heteroatoms. The van der Waals surface area contributed by atoms with Crippen molar-refractivity contribution in [1.82, 2.24) is 14.6 Å². The average Bonchev–Trinajstić information content (AvgIpc) is 3.26. The zero-order valence-corrected chi connectivity index (χ0v) is 16.9. The number of thiazole rings is 1. The molecule has 2 aromatic heterocycles. The molecule has 29 heavy (non-hydrogen) atoms. The second-order valence-electron chi connectivity index (χ2n) is 6.37. The maximum absolute atomic E-state index is 12.8. The summed E-state index contributed by atoms with van der Waals surface area (Å²) >= 11 is 1.31. The van der Waals surface area contributed by atoms with Crippen LogP contribution >= 0.6 is 11.3 Å². The minimum Gasteiger partial charge on any atom is -0.493 e. The average molecular weight is 405 g/mol. The predicted molar refractivity (Wildman–Crippen MR) is 115 cm³/mol. The molecule has 0 amide bonds. The second-order valence-corrected chi connectivity index (χ2v) is 7.38. The molecular formula is C22H19N3O3S. The first-order valence-corrected chi connectivity index (χ1v) is 9.81. The van der Waals surface area contributed by atoms with E-state index in [1.165, 1.54) is 15.9 Å². The van der Waals surface area contributed by atoms with Crippen LogP contribution in [-0.2, 0) is 0 Å². The Hall–Kier alpha value is -3.45. The van der Waals surface area contributed by atoms with E-state index in [4.69, 9.17) is 9.47 Å². The number of aromatic nitrogens is 3. The van der Waals surface area contributed by atoms with E-state index in [9.17, 15) is 4.79 Å². The molecule has 4 rings (SSSR count). The third-order valence-electron chi connectivity index (χ3n) is 4.41. The summed E-state index contributed by atoms with van der Waals surface area (Å²) in [5.74, 6) is 1.77. The first-order chi connectivity index (χ1) is 14.1. The van der Waals surface area contributed by atoms with Crippen LogP contribution in [0.5, 0.6) is 11.5 Å². The fraction of sp³-hybridized carbons (Fsp3) is 0.136. The monoisotopic (exact) mass is 405 g/mol. The number of methoxy groups -OCH3 is 1. The number of hydrogen-bond donors (Lipinski definition) is 0. The molecule has 0 N–H and O–H groups in total. The van der Waals surface area contributed by atoms with E-state index in [-0.39, 0.29) is 5.56 Å². The highest BCUT2D eigenvalue weighted by molar-refractivity contribution is 7.15. The summed E-state index contributed by atoms with van der Waals surface area (Å²) in [5, 5.41) is 4.42. The van der Waals surface area contributed by atoms with Gasteiger partial charge in [-0.1, -0.05) is 54.3 Å². The predicted octanol–water partition coefficient (Wildman–Crippen LogP) is 3.25. The van der Waals surface area contributed by atoms with Gasteiger partial charge in [0.25, 0.3) is 5.56 Å². The molecule has 146 valence electrons. The standard InChI is InChI=1S/C22H19N3O3S/c1-4-11-28-17-10-9-15(12-18(17)27-3)13-19-21(26)25-22(29-19)23-20(24-25)16-8-6-5-7-14(16)2/h4-10,12-13H,1,11H2,2-3H3/b19-13-. The van der Waals surface area contributed by atoms with Crippen molar-refractivity contribution in [2.45, 2.75) is 6.92 Å². The summed E-state index contributed by atoms with van der Waals surface area (Å²) in [6.45, 7) is 6.03. The second kappa shape index (κ2) is 7.89. The van der Waals surface area contributed by atoms with Gasteiger partial charge in [0, 0.05) is 5.56 Å². The minimum absolute atomic E-state index is 0.191. The van der Waals surface area contributed by atoms with E-state index in [2.05, 4.69) is 16.7 Å². The summed E-state index contributed by atoms with van der Waals surface area (Å²) < 4.78 is 12.9. The van der Waals surface area contributed by atoms with Gasteiger partial charge in [-0.05, 0) is 36.3 Å². The molecule has 0 atom stereocenters. The van der Waals surface area contributed by atoms with Crippen LogP contribution in [0.3, 0.4) is 0 Å². The van der Waals surface area contributed by atoms with Gasteiger partial charge >= 0.3 is 0 Å². The molecule has 2 heterocycles. The third-order valence-corrected chi connectivity index (χ3v) is 5.37. The van der Waals surface area contributed by atoms with Gasteiger partial charge in [0.1, 0.15) is 6.61 Å². The molecule has 6 nitrogen and oxygen atoms in total. The molecule has 0 aliphatic rings. The quantitative estimate of drug-likeness (QED) is 0.461. The molecule has 2 aromatic carbocycles. The van der Waals surface area contributed by atoms with Crippen molar-refractivity contribution in [3.05, 3.63) is 81.1 Å². The van der Waals surface area contributed by atoms with E-state index >= 15 is 0 Å². The van der Waals surface area contributed by atoms with Crippen molar-refractivity contribution in [3.63, 3.8) is 0 Å². The fourth-order valence-electron chi connectivity index (χ4n) is 2.96. The molecule has 0 bridgehead atoms. The van der Waals surface area contributed by atoms with Gasteiger partial charge in [0.2, 0.25) is 4.96 Å². The zero-order chi connectivity index (χ0) is 20.4. The van der Waals surface area contributed by atoms with Crippen molar-refractivity contribution in [3.8, 4) is 22.9 Å². The van der Waals surface area contributed by atoms with Crippen LogP contribution in [0.1, 0.15) is 11.1 Å². The number of fused-ring (bicyclic) bond motifs is 1. The van der Waals surface area contributed by atoms with Gasteiger partial charge in [-0.25, -0.2) is 0 Å². The van der Waals surface area contributed by atoms with E-state index in [1.807, 2.05) is 49.4 Å². The fourth-order valence-corrected chi connectivity index (χ4v) is 3.87. The van der Waals surface area contributed by atoms with E-state index in [0.29, 0.717) is 33.4 Å². The van der Waals surface area contributed by atoms with Crippen molar-refractivity contribution in [2.24, 2.45) is 0 Å². The first-order valence-electron chi connectivity index (χ1n) is 8.99. The summed E-state index contributed by atoms with van der Waals surface area (Å²) in [7, 11) is 1.58. The number of ether oxygens (including phenoxy) is 2. The Balaban J connectivity index is 1.73. The number of aryl methyl sites for hydroxylation is 1. The lowest BCUT2D eigenvalue weighted by Crippen LogP contribution is -2.23. The van der Waals surface area contributed by atoms with Crippen molar-refractivity contribution < 1.29 is 9.47 Å². The number of rotatable bonds is 6. The summed E-state index contributed by atoms with van der Waals surface area (Å²) in [6.07, 6.45) is 3.47. The molecule has 0 fully saturated rings. The summed E-state index contributed by atoms with van der Waals surface area (Å²) in [5.41, 5.74) is 2.63. The van der Waals surface area contributed by atoms with Crippen molar-refractivity contribution in [2.75, 3.05) is 13.7 Å². The molecule has 0 saturated heterocycles. The van der Waals surface area contributed by atoms with Gasteiger partial charge in [-0.3, -0.25) is 4.79 Å². The first kappa shape index (κ1) is 18.9. The smallest absolute Gasteiger partial charge is 0.291 e.